The molecule has 3 aliphatic carbocycles. The van der Waals surface area contributed by atoms with Gasteiger partial charge < -0.3 is 0 Å². The maximum Gasteiger partial charge on any atom is 0.00981 e. The van der Waals surface area contributed by atoms with Gasteiger partial charge in [-0.05, 0) is 29.6 Å². The van der Waals surface area contributed by atoms with Crippen LogP contribution in [0.5, 0.6) is 0 Å². The van der Waals surface area contributed by atoms with Gasteiger partial charge >= 0.3 is 0 Å². The number of allylic oxidation sites excluding steroid dienone is 10. The first kappa shape index (κ1) is 7.14. The van der Waals surface area contributed by atoms with E-state index in [2.05, 4.69) is 42.5 Å². The number of hydrogen-bond donors (Lipinski definition) is 0. The van der Waals surface area contributed by atoms with E-state index in [-0.39, 0.29) is 0 Å². The van der Waals surface area contributed by atoms with Crippen LogP contribution in [0.4, 0.5) is 0 Å². The van der Waals surface area contributed by atoms with Crippen LogP contribution in [0.15, 0.2) is 59.3 Å². The van der Waals surface area contributed by atoms with Gasteiger partial charge in [0.05, 0.1) is 0 Å². The highest BCUT2D eigenvalue weighted by Gasteiger charge is 2.24. The molecule has 0 aromatic carbocycles. The summed E-state index contributed by atoms with van der Waals surface area (Å²) < 4.78 is 0. The second kappa shape index (κ2) is 2.59. The second-order valence-electron chi connectivity index (χ2n) is 3.80. The molecule has 0 aromatic heterocycles. The molecule has 3 rings (SSSR count). The van der Waals surface area contributed by atoms with E-state index < -0.39 is 0 Å². The van der Waals surface area contributed by atoms with E-state index in [0.717, 1.165) is 0 Å². The van der Waals surface area contributed by atoms with Gasteiger partial charge in [0.2, 0.25) is 0 Å². The molecular weight excluding hydrogens is 156 g/mol. The fraction of sp³-hybridized carbons (Fsp3) is 0.231. The van der Waals surface area contributed by atoms with Crippen molar-refractivity contribution >= 4 is 0 Å². The summed E-state index contributed by atoms with van der Waals surface area (Å²) in [4.78, 5) is 0. The molecule has 3 aliphatic rings. The van der Waals surface area contributed by atoms with E-state index in [1.54, 1.807) is 0 Å². The maximum absolute atomic E-state index is 2.28. The summed E-state index contributed by atoms with van der Waals surface area (Å²) in [6.45, 7) is 0. The maximum atomic E-state index is 2.28. The molecule has 0 bridgehead atoms. The van der Waals surface area contributed by atoms with Crippen LogP contribution in [0.2, 0.25) is 0 Å². The molecule has 0 heteroatoms. The number of rotatable bonds is 0. The van der Waals surface area contributed by atoms with Gasteiger partial charge in [-0.3, -0.25) is 0 Å². The summed E-state index contributed by atoms with van der Waals surface area (Å²) in [7, 11) is 0. The first-order chi connectivity index (χ1) is 6.45. The van der Waals surface area contributed by atoms with E-state index in [4.69, 9.17) is 0 Å². The predicted octanol–water partition coefficient (Wildman–Crippen LogP) is 3.32. The van der Waals surface area contributed by atoms with Crippen molar-refractivity contribution in [1.29, 1.82) is 0 Å². The molecule has 0 saturated heterocycles. The molecule has 0 saturated carbocycles. The molecule has 0 aromatic rings. The van der Waals surface area contributed by atoms with Crippen LogP contribution < -0.4 is 0 Å². The van der Waals surface area contributed by atoms with E-state index in [1.807, 2.05) is 0 Å². The van der Waals surface area contributed by atoms with Crippen molar-refractivity contribution in [3.05, 3.63) is 59.3 Å². The molecule has 64 valence electrons. The molecule has 0 radical (unpaired) electrons. The molecule has 0 fully saturated rings. The van der Waals surface area contributed by atoms with Gasteiger partial charge in [-0.1, -0.05) is 42.5 Å². The van der Waals surface area contributed by atoms with Crippen LogP contribution in [0.1, 0.15) is 12.8 Å². The minimum atomic E-state index is 0.681. The Kier molecular flexibility index (Phi) is 1.42. The highest BCUT2D eigenvalue weighted by molar-refractivity contribution is 5.58. The van der Waals surface area contributed by atoms with Gasteiger partial charge in [-0.25, -0.2) is 0 Å². The van der Waals surface area contributed by atoms with E-state index in [9.17, 15) is 0 Å². The standard InChI is InChI=1S/C13H12/c1-2-6-12-10(4-1)8-9-11-5-3-7-13(11)12/h1,3-5,7-9,12H,2,6H2. The molecule has 0 spiro atoms. The second-order valence-corrected chi connectivity index (χ2v) is 3.80. The molecule has 1 unspecified atom stereocenters. The summed E-state index contributed by atoms with van der Waals surface area (Å²) >= 11 is 0. The Hall–Kier alpha value is -1.30. The quantitative estimate of drug-likeness (QED) is 0.520. The zero-order valence-corrected chi connectivity index (χ0v) is 7.53. The molecule has 0 nitrogen and oxygen atoms in total. The highest BCUT2D eigenvalue weighted by Crippen LogP contribution is 2.39. The minimum Gasteiger partial charge on any atom is -0.0842 e. The third-order valence-corrected chi connectivity index (χ3v) is 3.05. The van der Waals surface area contributed by atoms with E-state index >= 15 is 0 Å². The third kappa shape index (κ3) is 0.983. The first-order valence-corrected chi connectivity index (χ1v) is 4.92. The fourth-order valence-electron chi connectivity index (χ4n) is 2.37. The van der Waals surface area contributed by atoms with Crippen LogP contribution in [0.3, 0.4) is 0 Å². The molecule has 13 heavy (non-hydrogen) atoms. The number of hydrogen-bond acceptors (Lipinski definition) is 0. The summed E-state index contributed by atoms with van der Waals surface area (Å²) in [5.74, 6) is 0.681. The monoisotopic (exact) mass is 168 g/mol. The minimum absolute atomic E-state index is 0.681. The largest absolute Gasteiger partial charge is 0.0842 e. The summed E-state index contributed by atoms with van der Waals surface area (Å²) in [5, 5.41) is 0. The lowest BCUT2D eigenvalue weighted by atomic mass is 9.78. The van der Waals surface area contributed by atoms with Crippen molar-refractivity contribution in [2.24, 2.45) is 5.92 Å². The average Bonchev–Trinajstić information content (AvgIpc) is 2.65. The first-order valence-electron chi connectivity index (χ1n) is 4.92. The normalized spacial score (nSPS) is 28.9. The van der Waals surface area contributed by atoms with Crippen LogP contribution in [-0.4, -0.2) is 0 Å². The summed E-state index contributed by atoms with van der Waals surface area (Å²) in [6, 6.07) is 0. The Bertz CT molecular complexity index is 386. The summed E-state index contributed by atoms with van der Waals surface area (Å²) in [6.07, 6.45) is 18.2. The van der Waals surface area contributed by atoms with Gasteiger partial charge in [0, 0.05) is 5.92 Å². The van der Waals surface area contributed by atoms with E-state index in [1.165, 1.54) is 29.6 Å². The smallest absolute Gasteiger partial charge is 0.00981 e. The van der Waals surface area contributed by atoms with Crippen molar-refractivity contribution < 1.29 is 0 Å². The third-order valence-electron chi connectivity index (χ3n) is 3.05. The van der Waals surface area contributed by atoms with Gasteiger partial charge in [-0.2, -0.15) is 0 Å². The molecule has 0 aliphatic heterocycles. The van der Waals surface area contributed by atoms with Crippen molar-refractivity contribution in [2.45, 2.75) is 12.8 Å². The lowest BCUT2D eigenvalue weighted by Gasteiger charge is -2.26. The zero-order valence-electron chi connectivity index (χ0n) is 7.53. The average molecular weight is 168 g/mol. The molecule has 1 atom stereocenters. The van der Waals surface area contributed by atoms with Crippen LogP contribution >= 0.6 is 0 Å². The Balaban J connectivity index is 2.10. The molecule has 0 N–H and O–H groups in total. The lowest BCUT2D eigenvalue weighted by molar-refractivity contribution is 0.648. The van der Waals surface area contributed by atoms with Crippen LogP contribution in [-0.2, 0) is 0 Å². The zero-order chi connectivity index (χ0) is 8.67. The topological polar surface area (TPSA) is 0 Å². The van der Waals surface area contributed by atoms with Gasteiger partial charge in [0.15, 0.2) is 0 Å². The van der Waals surface area contributed by atoms with Crippen molar-refractivity contribution in [1.82, 2.24) is 0 Å². The van der Waals surface area contributed by atoms with Crippen LogP contribution in [0, 0.1) is 5.92 Å². The van der Waals surface area contributed by atoms with Crippen LogP contribution in [0.25, 0.3) is 0 Å². The SMILES string of the molecule is C1=CC2=CC=C3C=CCCC3C2=C1. The predicted molar refractivity (Wildman–Crippen MR) is 55.3 cm³/mol. The van der Waals surface area contributed by atoms with Crippen molar-refractivity contribution in [3.8, 4) is 0 Å². The molecular formula is C13H12. The Morgan fingerprint density at radius 2 is 2.08 bits per heavy atom. The molecule has 0 heterocycles. The Labute approximate surface area is 78.7 Å². The van der Waals surface area contributed by atoms with Gasteiger partial charge in [0.25, 0.3) is 0 Å². The highest BCUT2D eigenvalue weighted by atomic mass is 14.3. The van der Waals surface area contributed by atoms with Crippen molar-refractivity contribution in [3.63, 3.8) is 0 Å². The Morgan fingerprint density at radius 3 is 3.08 bits per heavy atom. The van der Waals surface area contributed by atoms with Gasteiger partial charge in [0.1, 0.15) is 0 Å². The summed E-state index contributed by atoms with van der Waals surface area (Å²) in [5.41, 5.74) is 4.44. The fourth-order valence-corrected chi connectivity index (χ4v) is 2.37. The number of fused-ring (bicyclic) bond motifs is 3. The molecule has 0 amide bonds. The Morgan fingerprint density at radius 1 is 1.08 bits per heavy atom. The lowest BCUT2D eigenvalue weighted by Crippen LogP contribution is -2.12. The van der Waals surface area contributed by atoms with E-state index in [0.29, 0.717) is 5.92 Å². The van der Waals surface area contributed by atoms with Gasteiger partial charge in [-0.15, -0.1) is 0 Å². The van der Waals surface area contributed by atoms with Crippen molar-refractivity contribution in [2.75, 3.05) is 0 Å².